The van der Waals surface area contributed by atoms with Crippen LogP contribution in [0.1, 0.15) is 25.7 Å². The Morgan fingerprint density at radius 2 is 2.06 bits per heavy atom. The van der Waals surface area contributed by atoms with Crippen LogP contribution in [-0.4, -0.2) is 50.8 Å². The monoisotopic (exact) mass is 224 g/mol. The Balaban J connectivity index is 1.36. The average Bonchev–Trinajstić information content (AvgIpc) is 2.77. The number of hydrogen-bond donors (Lipinski definition) is 1. The highest BCUT2D eigenvalue weighted by Gasteiger charge is 2.43. The van der Waals surface area contributed by atoms with Gasteiger partial charge in [0.1, 0.15) is 0 Å². The third-order valence-corrected chi connectivity index (χ3v) is 4.69. The summed E-state index contributed by atoms with van der Waals surface area (Å²) in [4.78, 5) is 2.66. The second kappa shape index (κ2) is 4.63. The minimum Gasteiger partial charge on any atom is -0.381 e. The molecule has 3 heterocycles. The van der Waals surface area contributed by atoms with Crippen LogP contribution in [0.5, 0.6) is 0 Å². The van der Waals surface area contributed by atoms with Gasteiger partial charge >= 0.3 is 0 Å². The van der Waals surface area contributed by atoms with Crippen LogP contribution in [0.2, 0.25) is 0 Å². The van der Waals surface area contributed by atoms with Crippen LogP contribution in [0, 0.1) is 11.3 Å². The highest BCUT2D eigenvalue weighted by Crippen LogP contribution is 2.39. The highest BCUT2D eigenvalue weighted by molar-refractivity contribution is 4.96. The summed E-state index contributed by atoms with van der Waals surface area (Å²) in [5.41, 5.74) is 0.659. The Morgan fingerprint density at radius 3 is 2.75 bits per heavy atom. The van der Waals surface area contributed by atoms with Gasteiger partial charge in [0.15, 0.2) is 0 Å². The first-order valence-electron chi connectivity index (χ1n) is 6.87. The SMILES string of the molecule is C1CC(CCN2CC3(CCOCC3)C2)CN1. The molecular weight excluding hydrogens is 200 g/mol. The van der Waals surface area contributed by atoms with Crippen molar-refractivity contribution in [1.82, 2.24) is 10.2 Å². The van der Waals surface area contributed by atoms with Crippen molar-refractivity contribution in [1.29, 1.82) is 0 Å². The van der Waals surface area contributed by atoms with Gasteiger partial charge in [-0.05, 0) is 51.2 Å². The van der Waals surface area contributed by atoms with E-state index < -0.39 is 0 Å². The molecule has 1 N–H and O–H groups in total. The summed E-state index contributed by atoms with van der Waals surface area (Å²) in [5, 5.41) is 3.45. The predicted octanol–water partition coefficient (Wildman–Crippen LogP) is 1.10. The standard InChI is InChI=1S/C13H24N2O/c1-5-14-9-12(1)2-6-15-10-13(11-15)3-7-16-8-4-13/h12,14H,1-11H2. The van der Waals surface area contributed by atoms with Gasteiger partial charge < -0.3 is 15.0 Å². The molecule has 0 aromatic carbocycles. The minimum absolute atomic E-state index is 0.659. The molecule has 3 heteroatoms. The fraction of sp³-hybridized carbons (Fsp3) is 1.00. The summed E-state index contributed by atoms with van der Waals surface area (Å²) in [6, 6.07) is 0. The number of likely N-dealkylation sites (tertiary alicyclic amines) is 1. The topological polar surface area (TPSA) is 24.5 Å². The molecule has 92 valence electrons. The predicted molar refractivity (Wildman–Crippen MR) is 64.5 cm³/mol. The normalized spacial score (nSPS) is 34.1. The first kappa shape index (κ1) is 11.0. The van der Waals surface area contributed by atoms with Crippen LogP contribution >= 0.6 is 0 Å². The van der Waals surface area contributed by atoms with Crippen molar-refractivity contribution in [2.24, 2.45) is 11.3 Å². The van der Waals surface area contributed by atoms with Gasteiger partial charge in [0.05, 0.1) is 0 Å². The van der Waals surface area contributed by atoms with Crippen LogP contribution < -0.4 is 5.32 Å². The highest BCUT2D eigenvalue weighted by atomic mass is 16.5. The molecular formula is C13H24N2O. The number of hydrogen-bond acceptors (Lipinski definition) is 3. The molecule has 1 atom stereocenters. The molecule has 3 saturated heterocycles. The summed E-state index contributed by atoms with van der Waals surface area (Å²) in [6.07, 6.45) is 5.40. The van der Waals surface area contributed by atoms with Crippen molar-refractivity contribution in [2.75, 3.05) is 45.9 Å². The molecule has 0 aromatic rings. The molecule has 0 bridgehead atoms. The lowest BCUT2D eigenvalue weighted by molar-refractivity contribution is -0.0814. The third-order valence-electron chi connectivity index (χ3n) is 4.69. The molecule has 0 aliphatic carbocycles. The smallest absolute Gasteiger partial charge is 0.0472 e. The summed E-state index contributed by atoms with van der Waals surface area (Å²) in [5.74, 6) is 0.950. The maximum Gasteiger partial charge on any atom is 0.0472 e. The van der Waals surface area contributed by atoms with Crippen LogP contribution in [0.4, 0.5) is 0 Å². The fourth-order valence-electron chi connectivity index (χ4n) is 3.51. The molecule has 16 heavy (non-hydrogen) atoms. The van der Waals surface area contributed by atoms with Gasteiger partial charge in [-0.1, -0.05) is 0 Å². The Kier molecular flexibility index (Phi) is 3.18. The van der Waals surface area contributed by atoms with Gasteiger partial charge in [-0.25, -0.2) is 0 Å². The van der Waals surface area contributed by atoms with Gasteiger partial charge in [-0.15, -0.1) is 0 Å². The van der Waals surface area contributed by atoms with Gasteiger partial charge in [-0.3, -0.25) is 0 Å². The van der Waals surface area contributed by atoms with Crippen LogP contribution in [0.3, 0.4) is 0 Å². The molecule has 1 unspecified atom stereocenters. The van der Waals surface area contributed by atoms with E-state index in [1.54, 1.807) is 0 Å². The van der Waals surface area contributed by atoms with E-state index in [0.29, 0.717) is 5.41 Å². The largest absolute Gasteiger partial charge is 0.381 e. The number of ether oxygens (including phenoxy) is 1. The molecule has 3 fully saturated rings. The van der Waals surface area contributed by atoms with Crippen LogP contribution in [0.15, 0.2) is 0 Å². The van der Waals surface area contributed by atoms with E-state index >= 15 is 0 Å². The van der Waals surface area contributed by atoms with Crippen molar-refractivity contribution in [2.45, 2.75) is 25.7 Å². The van der Waals surface area contributed by atoms with Gasteiger partial charge in [0, 0.05) is 31.7 Å². The third kappa shape index (κ3) is 2.27. The second-order valence-electron chi connectivity index (χ2n) is 5.97. The zero-order valence-corrected chi connectivity index (χ0v) is 10.2. The molecule has 3 rings (SSSR count). The van der Waals surface area contributed by atoms with Crippen LogP contribution in [-0.2, 0) is 4.74 Å². The molecule has 0 amide bonds. The Labute approximate surface area is 98.5 Å². The minimum atomic E-state index is 0.659. The molecule has 3 aliphatic rings. The molecule has 1 spiro atoms. The maximum absolute atomic E-state index is 5.45. The van der Waals surface area contributed by atoms with Gasteiger partial charge in [0.25, 0.3) is 0 Å². The van der Waals surface area contributed by atoms with E-state index in [9.17, 15) is 0 Å². The van der Waals surface area contributed by atoms with Gasteiger partial charge in [-0.2, -0.15) is 0 Å². The van der Waals surface area contributed by atoms with E-state index in [0.717, 1.165) is 19.1 Å². The Morgan fingerprint density at radius 1 is 1.25 bits per heavy atom. The zero-order chi connectivity index (χ0) is 10.8. The number of nitrogens with one attached hydrogen (secondary N) is 1. The summed E-state index contributed by atoms with van der Waals surface area (Å²) in [7, 11) is 0. The van der Waals surface area contributed by atoms with E-state index in [4.69, 9.17) is 4.74 Å². The van der Waals surface area contributed by atoms with Crippen molar-refractivity contribution in [3.63, 3.8) is 0 Å². The Hall–Kier alpha value is -0.120. The summed E-state index contributed by atoms with van der Waals surface area (Å²) in [6.45, 7) is 8.52. The fourth-order valence-corrected chi connectivity index (χ4v) is 3.51. The maximum atomic E-state index is 5.45. The molecule has 0 aromatic heterocycles. The van der Waals surface area contributed by atoms with E-state index in [1.807, 2.05) is 0 Å². The lowest BCUT2D eigenvalue weighted by Gasteiger charge is -2.52. The van der Waals surface area contributed by atoms with E-state index in [1.165, 1.54) is 58.4 Å². The molecule has 0 radical (unpaired) electrons. The first-order chi connectivity index (χ1) is 7.86. The van der Waals surface area contributed by atoms with Crippen molar-refractivity contribution >= 4 is 0 Å². The average molecular weight is 224 g/mol. The summed E-state index contributed by atoms with van der Waals surface area (Å²) < 4.78 is 5.45. The zero-order valence-electron chi connectivity index (χ0n) is 10.2. The lowest BCUT2D eigenvalue weighted by Crippen LogP contribution is -2.58. The van der Waals surface area contributed by atoms with Crippen molar-refractivity contribution in [3.8, 4) is 0 Å². The first-order valence-corrected chi connectivity index (χ1v) is 6.87. The van der Waals surface area contributed by atoms with Crippen molar-refractivity contribution in [3.05, 3.63) is 0 Å². The number of nitrogens with zero attached hydrogens (tertiary/aromatic N) is 1. The molecule has 3 nitrogen and oxygen atoms in total. The van der Waals surface area contributed by atoms with Crippen molar-refractivity contribution < 1.29 is 4.74 Å². The second-order valence-corrected chi connectivity index (χ2v) is 5.97. The number of rotatable bonds is 3. The summed E-state index contributed by atoms with van der Waals surface area (Å²) >= 11 is 0. The Bertz CT molecular complexity index is 224. The molecule has 3 aliphatic heterocycles. The molecule has 0 saturated carbocycles. The van der Waals surface area contributed by atoms with Crippen LogP contribution in [0.25, 0.3) is 0 Å². The van der Waals surface area contributed by atoms with E-state index in [-0.39, 0.29) is 0 Å². The van der Waals surface area contributed by atoms with Gasteiger partial charge in [0.2, 0.25) is 0 Å². The van der Waals surface area contributed by atoms with E-state index in [2.05, 4.69) is 10.2 Å². The lowest BCUT2D eigenvalue weighted by atomic mass is 9.73. The quantitative estimate of drug-likeness (QED) is 0.777.